The van der Waals surface area contributed by atoms with Gasteiger partial charge >= 0.3 is 0 Å². The summed E-state index contributed by atoms with van der Waals surface area (Å²) in [7, 11) is 0. The zero-order chi connectivity index (χ0) is 21.9. The molecule has 0 aliphatic carbocycles. The fourth-order valence-electron chi connectivity index (χ4n) is 3.83. The van der Waals surface area contributed by atoms with Crippen LogP contribution in [0, 0.1) is 0 Å². The lowest BCUT2D eigenvalue weighted by Crippen LogP contribution is -2.54. The lowest BCUT2D eigenvalue weighted by molar-refractivity contribution is -0.123. The van der Waals surface area contributed by atoms with Crippen molar-refractivity contribution in [2.45, 2.75) is 13.0 Å². The smallest absolute Gasteiger partial charge is 0.298 e. The number of nitrogens with one attached hydrogen (secondary N) is 2. The number of nitrogens with zero attached hydrogens (tertiary/aromatic N) is 5. The van der Waals surface area contributed by atoms with Gasteiger partial charge in [-0.1, -0.05) is 12.1 Å². The SMILES string of the molecule is CC1C(=O)NCCN1c1ncc(-c2cccc(Nc3nccc(N4CCOCC4)n3)c2)o1. The lowest BCUT2D eigenvalue weighted by Gasteiger charge is -2.31. The van der Waals surface area contributed by atoms with E-state index >= 15 is 0 Å². The fourth-order valence-corrected chi connectivity index (χ4v) is 3.83. The number of aromatic nitrogens is 3. The van der Waals surface area contributed by atoms with Gasteiger partial charge in [0.1, 0.15) is 11.9 Å². The van der Waals surface area contributed by atoms with Gasteiger partial charge in [0.15, 0.2) is 5.76 Å². The van der Waals surface area contributed by atoms with Crippen molar-refractivity contribution in [3.8, 4) is 11.3 Å². The summed E-state index contributed by atoms with van der Waals surface area (Å²) in [4.78, 5) is 29.4. The Kier molecular flexibility index (Phi) is 5.59. The molecule has 166 valence electrons. The minimum atomic E-state index is -0.320. The molecule has 1 unspecified atom stereocenters. The maximum atomic E-state index is 11.9. The first-order valence-electron chi connectivity index (χ1n) is 10.7. The Morgan fingerprint density at radius 2 is 2.03 bits per heavy atom. The molecule has 2 N–H and O–H groups in total. The second-order valence-electron chi connectivity index (χ2n) is 7.71. The largest absolute Gasteiger partial charge is 0.423 e. The quantitative estimate of drug-likeness (QED) is 0.622. The fraction of sp³-hybridized carbons (Fsp3) is 0.364. The Labute approximate surface area is 185 Å². The molecule has 2 fully saturated rings. The molecule has 1 atom stereocenters. The van der Waals surface area contributed by atoms with E-state index in [0.29, 0.717) is 44.0 Å². The van der Waals surface area contributed by atoms with Crippen LogP contribution in [0.2, 0.25) is 0 Å². The van der Waals surface area contributed by atoms with Gasteiger partial charge in [0.25, 0.3) is 6.01 Å². The van der Waals surface area contributed by atoms with Crippen molar-refractivity contribution in [1.82, 2.24) is 20.3 Å². The number of oxazole rings is 1. The molecule has 4 heterocycles. The number of ether oxygens (including phenoxy) is 1. The third-order valence-corrected chi connectivity index (χ3v) is 5.62. The van der Waals surface area contributed by atoms with Crippen LogP contribution in [-0.2, 0) is 9.53 Å². The molecule has 2 aromatic heterocycles. The first-order valence-corrected chi connectivity index (χ1v) is 10.7. The monoisotopic (exact) mass is 435 g/mol. The summed E-state index contributed by atoms with van der Waals surface area (Å²) in [5.74, 6) is 2.00. The van der Waals surface area contributed by atoms with Crippen LogP contribution >= 0.6 is 0 Å². The van der Waals surface area contributed by atoms with Gasteiger partial charge in [0, 0.05) is 43.6 Å². The third-order valence-electron chi connectivity index (χ3n) is 5.62. The summed E-state index contributed by atoms with van der Waals surface area (Å²) in [6.07, 6.45) is 3.44. The van der Waals surface area contributed by atoms with Crippen molar-refractivity contribution in [3.05, 3.63) is 42.7 Å². The summed E-state index contributed by atoms with van der Waals surface area (Å²) in [6, 6.07) is 9.83. The summed E-state index contributed by atoms with van der Waals surface area (Å²) in [6.45, 7) is 6.11. The zero-order valence-electron chi connectivity index (χ0n) is 17.8. The predicted octanol–water partition coefficient (Wildman–Crippen LogP) is 2.04. The molecule has 2 aliphatic rings. The van der Waals surface area contributed by atoms with Crippen LogP contribution in [0.5, 0.6) is 0 Å². The molecule has 32 heavy (non-hydrogen) atoms. The van der Waals surface area contributed by atoms with Gasteiger partial charge in [-0.05, 0) is 25.1 Å². The lowest BCUT2D eigenvalue weighted by atomic mass is 10.1. The van der Waals surface area contributed by atoms with E-state index < -0.39 is 0 Å². The molecule has 0 saturated carbocycles. The van der Waals surface area contributed by atoms with E-state index in [1.54, 1.807) is 12.4 Å². The van der Waals surface area contributed by atoms with Gasteiger partial charge in [-0.3, -0.25) is 4.79 Å². The van der Waals surface area contributed by atoms with Crippen molar-refractivity contribution in [2.75, 3.05) is 54.5 Å². The highest BCUT2D eigenvalue weighted by molar-refractivity contribution is 5.85. The van der Waals surface area contributed by atoms with Crippen molar-refractivity contribution in [1.29, 1.82) is 0 Å². The van der Waals surface area contributed by atoms with Crippen LogP contribution < -0.4 is 20.4 Å². The van der Waals surface area contributed by atoms with E-state index in [0.717, 1.165) is 30.2 Å². The summed E-state index contributed by atoms with van der Waals surface area (Å²) < 4.78 is 11.4. The highest BCUT2D eigenvalue weighted by Crippen LogP contribution is 2.28. The number of hydrogen-bond acceptors (Lipinski definition) is 9. The Hall–Kier alpha value is -3.66. The minimum Gasteiger partial charge on any atom is -0.423 e. The Balaban J connectivity index is 1.32. The normalized spacial score (nSPS) is 19.0. The van der Waals surface area contributed by atoms with E-state index in [1.165, 1.54) is 0 Å². The molecule has 3 aromatic rings. The highest BCUT2D eigenvalue weighted by atomic mass is 16.5. The predicted molar refractivity (Wildman–Crippen MR) is 120 cm³/mol. The summed E-state index contributed by atoms with van der Waals surface area (Å²) >= 11 is 0. The van der Waals surface area contributed by atoms with Gasteiger partial charge in [0.05, 0.1) is 19.4 Å². The van der Waals surface area contributed by atoms with E-state index in [2.05, 4.69) is 30.5 Å². The number of carbonyl (C=O) groups is 1. The van der Waals surface area contributed by atoms with Crippen molar-refractivity contribution < 1.29 is 13.9 Å². The van der Waals surface area contributed by atoms with E-state index in [9.17, 15) is 4.79 Å². The van der Waals surface area contributed by atoms with Crippen molar-refractivity contribution in [2.24, 2.45) is 0 Å². The average molecular weight is 435 g/mol. The highest BCUT2D eigenvalue weighted by Gasteiger charge is 2.28. The van der Waals surface area contributed by atoms with Gasteiger partial charge in [-0.25, -0.2) is 9.97 Å². The molecule has 5 rings (SSSR count). The van der Waals surface area contributed by atoms with Crippen LogP contribution in [0.25, 0.3) is 11.3 Å². The second-order valence-corrected chi connectivity index (χ2v) is 7.71. The van der Waals surface area contributed by atoms with Crippen molar-refractivity contribution in [3.63, 3.8) is 0 Å². The van der Waals surface area contributed by atoms with Crippen LogP contribution in [0.3, 0.4) is 0 Å². The molecule has 10 nitrogen and oxygen atoms in total. The maximum absolute atomic E-state index is 11.9. The van der Waals surface area contributed by atoms with Crippen LogP contribution in [-0.4, -0.2) is 66.3 Å². The second kappa shape index (κ2) is 8.83. The Morgan fingerprint density at radius 1 is 1.16 bits per heavy atom. The van der Waals surface area contributed by atoms with Crippen molar-refractivity contribution >= 4 is 29.4 Å². The molecule has 2 saturated heterocycles. The standard InChI is InChI=1S/C22H25N7O3/c1-15-20(30)23-7-8-29(15)22-25-14-18(32-22)16-3-2-4-17(13-16)26-21-24-6-5-19(27-21)28-9-11-31-12-10-28/h2-6,13-15H,7-12H2,1H3,(H,23,30)(H,24,26,27). The number of rotatable bonds is 5. The number of hydrogen-bond donors (Lipinski definition) is 2. The van der Waals surface area contributed by atoms with Gasteiger partial charge in [-0.15, -0.1) is 0 Å². The molecular formula is C22H25N7O3. The molecular weight excluding hydrogens is 410 g/mol. The number of carbonyl (C=O) groups excluding carboxylic acids is 1. The number of piperazine rings is 1. The van der Waals surface area contributed by atoms with E-state index in [4.69, 9.17) is 9.15 Å². The number of anilines is 4. The summed E-state index contributed by atoms with van der Waals surface area (Å²) in [5.41, 5.74) is 1.71. The Bertz CT molecular complexity index is 1100. The number of morpholine rings is 1. The first kappa shape index (κ1) is 20.3. The first-order chi connectivity index (χ1) is 15.7. The van der Waals surface area contributed by atoms with Crippen LogP contribution in [0.4, 0.5) is 23.5 Å². The van der Waals surface area contributed by atoms with Gasteiger partial charge < -0.3 is 29.6 Å². The van der Waals surface area contributed by atoms with Crippen LogP contribution in [0.1, 0.15) is 6.92 Å². The third kappa shape index (κ3) is 4.22. The van der Waals surface area contributed by atoms with E-state index in [1.807, 2.05) is 42.2 Å². The minimum absolute atomic E-state index is 0.0264. The zero-order valence-corrected chi connectivity index (χ0v) is 17.8. The molecule has 0 spiro atoms. The van der Waals surface area contributed by atoms with Gasteiger partial charge in [0.2, 0.25) is 11.9 Å². The molecule has 1 amide bonds. The summed E-state index contributed by atoms with van der Waals surface area (Å²) in [5, 5.41) is 6.12. The Morgan fingerprint density at radius 3 is 2.91 bits per heavy atom. The number of amides is 1. The van der Waals surface area contributed by atoms with E-state index in [-0.39, 0.29) is 11.9 Å². The molecule has 0 bridgehead atoms. The molecule has 0 radical (unpaired) electrons. The maximum Gasteiger partial charge on any atom is 0.298 e. The molecule has 2 aliphatic heterocycles. The van der Waals surface area contributed by atoms with Gasteiger partial charge in [-0.2, -0.15) is 4.98 Å². The number of benzene rings is 1. The topological polar surface area (TPSA) is 109 Å². The molecule has 1 aromatic carbocycles. The molecule has 10 heteroatoms. The van der Waals surface area contributed by atoms with Crippen LogP contribution in [0.15, 0.2) is 47.1 Å². The average Bonchev–Trinajstić information content (AvgIpc) is 3.32.